The Hall–Kier alpha value is -2.04. The van der Waals surface area contributed by atoms with E-state index in [9.17, 15) is 9.59 Å². The van der Waals surface area contributed by atoms with Crippen LogP contribution in [0.4, 0.5) is 4.79 Å². The van der Waals surface area contributed by atoms with Crippen LogP contribution in [0.25, 0.3) is 0 Å². The minimum Gasteiger partial charge on any atom is -0.481 e. The summed E-state index contributed by atoms with van der Waals surface area (Å²) in [6.07, 6.45) is 3.52. The molecule has 1 atom stereocenters. The van der Waals surface area contributed by atoms with Gasteiger partial charge in [-0.2, -0.15) is 0 Å². The molecule has 1 aliphatic rings. The predicted molar refractivity (Wildman–Crippen MR) is 80.1 cm³/mol. The van der Waals surface area contributed by atoms with E-state index in [2.05, 4.69) is 17.4 Å². The zero-order valence-corrected chi connectivity index (χ0v) is 12.1. The average Bonchev–Trinajstić information content (AvgIpc) is 2.92. The Kier molecular flexibility index (Phi) is 5.60. The van der Waals surface area contributed by atoms with Crippen molar-refractivity contribution in [1.82, 2.24) is 10.2 Å². The highest BCUT2D eigenvalue weighted by molar-refractivity contribution is 5.76. The van der Waals surface area contributed by atoms with Crippen LogP contribution in [0.1, 0.15) is 31.2 Å². The van der Waals surface area contributed by atoms with Gasteiger partial charge in [0.2, 0.25) is 0 Å². The van der Waals surface area contributed by atoms with E-state index in [1.165, 1.54) is 5.56 Å². The van der Waals surface area contributed by atoms with Crippen LogP contribution in [-0.2, 0) is 11.2 Å². The Morgan fingerprint density at radius 3 is 2.76 bits per heavy atom. The van der Waals surface area contributed by atoms with Crippen LogP contribution in [-0.4, -0.2) is 41.1 Å². The fourth-order valence-electron chi connectivity index (χ4n) is 2.75. The van der Waals surface area contributed by atoms with Crippen LogP contribution in [0, 0.1) is 0 Å². The van der Waals surface area contributed by atoms with Crippen molar-refractivity contribution < 1.29 is 14.7 Å². The number of hydrogen-bond donors (Lipinski definition) is 2. The van der Waals surface area contributed by atoms with Gasteiger partial charge in [0.1, 0.15) is 0 Å². The summed E-state index contributed by atoms with van der Waals surface area (Å²) >= 11 is 0. The van der Waals surface area contributed by atoms with Crippen LogP contribution in [0.3, 0.4) is 0 Å². The molecule has 1 aromatic carbocycles. The number of benzene rings is 1. The molecule has 2 N–H and O–H groups in total. The van der Waals surface area contributed by atoms with Crippen LogP contribution >= 0.6 is 0 Å². The number of nitrogens with one attached hydrogen (secondary N) is 1. The third-order valence-electron chi connectivity index (χ3n) is 3.81. The first kappa shape index (κ1) is 15.4. The van der Waals surface area contributed by atoms with Crippen LogP contribution in [0.5, 0.6) is 0 Å². The zero-order chi connectivity index (χ0) is 15.1. The fraction of sp³-hybridized carbons (Fsp3) is 0.500. The highest BCUT2D eigenvalue weighted by atomic mass is 16.4. The topological polar surface area (TPSA) is 69.6 Å². The Morgan fingerprint density at radius 1 is 1.29 bits per heavy atom. The van der Waals surface area contributed by atoms with Crippen molar-refractivity contribution in [3.05, 3.63) is 35.9 Å². The van der Waals surface area contributed by atoms with E-state index in [1.807, 2.05) is 18.2 Å². The largest absolute Gasteiger partial charge is 0.481 e. The number of carboxylic acids is 1. The van der Waals surface area contributed by atoms with Crippen LogP contribution < -0.4 is 5.32 Å². The van der Waals surface area contributed by atoms with Crippen molar-refractivity contribution in [2.24, 2.45) is 0 Å². The van der Waals surface area contributed by atoms with Gasteiger partial charge >= 0.3 is 12.0 Å². The molecule has 1 aromatic rings. The number of urea groups is 1. The number of rotatable bonds is 6. The van der Waals surface area contributed by atoms with Gasteiger partial charge in [0.05, 0.1) is 6.42 Å². The summed E-state index contributed by atoms with van der Waals surface area (Å²) in [5, 5.41) is 11.7. The molecule has 0 saturated carbocycles. The van der Waals surface area contributed by atoms with Crippen molar-refractivity contribution >= 4 is 12.0 Å². The number of aliphatic carboxylic acids is 1. The Balaban J connectivity index is 1.70. The molecule has 0 radical (unpaired) electrons. The molecule has 5 nitrogen and oxygen atoms in total. The number of likely N-dealkylation sites (tertiary alicyclic amines) is 1. The summed E-state index contributed by atoms with van der Waals surface area (Å²) in [6, 6.07) is 9.87. The molecule has 1 saturated heterocycles. The quantitative estimate of drug-likeness (QED) is 0.790. The zero-order valence-electron chi connectivity index (χ0n) is 12.1. The number of aryl methyl sites for hydroxylation is 1. The fourth-order valence-corrected chi connectivity index (χ4v) is 2.75. The van der Waals surface area contributed by atoms with Gasteiger partial charge in [0.15, 0.2) is 0 Å². The van der Waals surface area contributed by atoms with Crippen molar-refractivity contribution in [2.75, 3.05) is 13.1 Å². The molecule has 1 heterocycles. The van der Waals surface area contributed by atoms with Crippen LogP contribution in [0.2, 0.25) is 0 Å². The van der Waals surface area contributed by atoms with E-state index in [1.54, 1.807) is 4.90 Å². The molecule has 2 amide bonds. The van der Waals surface area contributed by atoms with Crippen LogP contribution in [0.15, 0.2) is 30.3 Å². The van der Waals surface area contributed by atoms with Gasteiger partial charge in [-0.1, -0.05) is 30.3 Å². The number of carbonyl (C=O) groups excluding carboxylic acids is 1. The molecule has 2 rings (SSSR count). The molecule has 0 bridgehead atoms. The van der Waals surface area contributed by atoms with E-state index >= 15 is 0 Å². The SMILES string of the molecule is O=C(O)CC1CCCN1C(=O)NCCCc1ccccc1. The van der Waals surface area contributed by atoms with E-state index in [0.717, 1.165) is 25.7 Å². The first-order chi connectivity index (χ1) is 10.2. The number of hydrogen-bond acceptors (Lipinski definition) is 2. The summed E-state index contributed by atoms with van der Waals surface area (Å²) in [5.74, 6) is -0.844. The molecule has 5 heteroatoms. The highest BCUT2D eigenvalue weighted by Crippen LogP contribution is 2.19. The summed E-state index contributed by atoms with van der Waals surface area (Å²) in [4.78, 5) is 24.5. The van der Waals surface area contributed by atoms with E-state index in [0.29, 0.717) is 13.1 Å². The van der Waals surface area contributed by atoms with Crippen molar-refractivity contribution in [2.45, 2.75) is 38.1 Å². The number of carbonyl (C=O) groups is 2. The van der Waals surface area contributed by atoms with Gasteiger partial charge in [-0.05, 0) is 31.2 Å². The van der Waals surface area contributed by atoms with Gasteiger partial charge in [0.25, 0.3) is 0 Å². The molecule has 1 fully saturated rings. The van der Waals surface area contributed by atoms with E-state index in [-0.39, 0.29) is 18.5 Å². The molecule has 1 unspecified atom stereocenters. The normalized spacial score (nSPS) is 17.7. The Morgan fingerprint density at radius 2 is 2.05 bits per heavy atom. The summed E-state index contributed by atoms with van der Waals surface area (Å²) < 4.78 is 0. The molecule has 114 valence electrons. The third kappa shape index (κ3) is 4.77. The average molecular weight is 290 g/mol. The first-order valence-corrected chi connectivity index (χ1v) is 7.47. The maximum absolute atomic E-state index is 12.1. The van der Waals surface area contributed by atoms with Crippen molar-refractivity contribution in [3.8, 4) is 0 Å². The lowest BCUT2D eigenvalue weighted by Crippen LogP contribution is -2.43. The second kappa shape index (κ2) is 7.67. The van der Waals surface area contributed by atoms with Crippen molar-refractivity contribution in [3.63, 3.8) is 0 Å². The predicted octanol–water partition coefficient (Wildman–Crippen LogP) is 2.27. The molecule has 21 heavy (non-hydrogen) atoms. The lowest BCUT2D eigenvalue weighted by atomic mass is 10.1. The second-order valence-corrected chi connectivity index (χ2v) is 5.41. The first-order valence-electron chi connectivity index (χ1n) is 7.47. The minimum atomic E-state index is -0.844. The summed E-state index contributed by atoms with van der Waals surface area (Å²) in [6.45, 7) is 1.27. The van der Waals surface area contributed by atoms with Gasteiger partial charge in [-0.15, -0.1) is 0 Å². The molecule has 0 aliphatic carbocycles. The molecule has 0 aromatic heterocycles. The molecular formula is C16H22N2O3. The van der Waals surface area contributed by atoms with E-state index in [4.69, 9.17) is 5.11 Å². The Labute approximate surface area is 125 Å². The highest BCUT2D eigenvalue weighted by Gasteiger charge is 2.29. The number of amides is 2. The van der Waals surface area contributed by atoms with Gasteiger partial charge in [0, 0.05) is 19.1 Å². The summed E-state index contributed by atoms with van der Waals surface area (Å²) in [7, 11) is 0. The van der Waals surface area contributed by atoms with E-state index < -0.39 is 5.97 Å². The lowest BCUT2D eigenvalue weighted by Gasteiger charge is -2.23. The van der Waals surface area contributed by atoms with Crippen molar-refractivity contribution in [1.29, 1.82) is 0 Å². The lowest BCUT2D eigenvalue weighted by molar-refractivity contribution is -0.137. The van der Waals surface area contributed by atoms with Gasteiger partial charge < -0.3 is 15.3 Å². The maximum Gasteiger partial charge on any atom is 0.317 e. The smallest absolute Gasteiger partial charge is 0.317 e. The molecule has 1 aliphatic heterocycles. The molecule has 0 spiro atoms. The standard InChI is InChI=1S/C16H22N2O3/c19-15(20)12-14-9-5-11-18(14)16(21)17-10-4-8-13-6-2-1-3-7-13/h1-3,6-7,14H,4-5,8-12H2,(H,17,21)(H,19,20). The monoisotopic (exact) mass is 290 g/mol. The minimum absolute atomic E-state index is 0.0391. The number of nitrogens with zero attached hydrogens (tertiary/aromatic N) is 1. The second-order valence-electron chi connectivity index (χ2n) is 5.41. The Bertz CT molecular complexity index is 476. The van der Waals surface area contributed by atoms with Gasteiger partial charge in [-0.3, -0.25) is 4.79 Å². The number of carboxylic acid groups (broad SMARTS) is 1. The third-order valence-corrected chi connectivity index (χ3v) is 3.81. The summed E-state index contributed by atoms with van der Waals surface area (Å²) in [5.41, 5.74) is 1.26. The maximum atomic E-state index is 12.1. The molecular weight excluding hydrogens is 268 g/mol. The van der Waals surface area contributed by atoms with Gasteiger partial charge in [-0.25, -0.2) is 4.79 Å².